The first-order valence-electron chi connectivity index (χ1n) is 8.65. The summed E-state index contributed by atoms with van der Waals surface area (Å²) in [4.78, 5) is 15.7. The second-order valence-electron chi connectivity index (χ2n) is 6.18. The van der Waals surface area contributed by atoms with Crippen LogP contribution in [-0.2, 0) is 0 Å². The standard InChI is InChI=1S/C20H18N4O3S/c1-3-10-28-20-22-19(26)17-13-6-4-5-7-14(13)21-18(24(17)23-20)12-8-9-16(27-2)15(25)11-12/h3-9,11,18H,1,10H2,2H3,(H2,22,23,25,26)/p+1/t18-/m1/s1. The highest BCUT2D eigenvalue weighted by molar-refractivity contribution is 7.99. The molecule has 2 aromatic carbocycles. The fraction of sp³-hybridized carbons (Fsp3) is 0.150. The van der Waals surface area contributed by atoms with Gasteiger partial charge in [0.2, 0.25) is 5.16 Å². The number of thioether (sulfide) groups is 1. The number of methoxy groups -OCH3 is 1. The third kappa shape index (κ3) is 3.11. The number of aromatic hydroxyl groups is 1. The molecule has 0 saturated heterocycles. The van der Waals surface area contributed by atoms with E-state index in [0.717, 1.165) is 16.8 Å². The van der Waals surface area contributed by atoms with Crippen molar-refractivity contribution in [2.75, 3.05) is 18.2 Å². The summed E-state index contributed by atoms with van der Waals surface area (Å²) >= 11 is 1.39. The molecule has 0 saturated carbocycles. The van der Waals surface area contributed by atoms with E-state index in [2.05, 4.69) is 22.0 Å². The number of anilines is 1. The molecule has 7 nitrogen and oxygen atoms in total. The molecule has 1 aliphatic rings. The molecular weight excluding hydrogens is 376 g/mol. The van der Waals surface area contributed by atoms with Gasteiger partial charge in [0.1, 0.15) is 0 Å². The Kier molecular flexibility index (Phi) is 4.79. The number of aromatic amines is 1. The maximum absolute atomic E-state index is 12.9. The number of ether oxygens (including phenoxy) is 1. The first-order valence-corrected chi connectivity index (χ1v) is 9.63. The summed E-state index contributed by atoms with van der Waals surface area (Å²) in [5, 5.41) is 18.8. The maximum atomic E-state index is 12.9. The highest BCUT2D eigenvalue weighted by atomic mass is 32.2. The molecule has 0 amide bonds. The lowest BCUT2D eigenvalue weighted by Gasteiger charge is -2.22. The number of hydrogen-bond acceptors (Lipinski definition) is 6. The van der Waals surface area contributed by atoms with Gasteiger partial charge in [0, 0.05) is 16.4 Å². The topological polar surface area (TPSA) is 91.1 Å². The third-order valence-corrected chi connectivity index (χ3v) is 5.30. The lowest BCUT2D eigenvalue weighted by Crippen LogP contribution is -2.55. The highest BCUT2D eigenvalue weighted by Crippen LogP contribution is 2.34. The Bertz CT molecular complexity index is 1110. The summed E-state index contributed by atoms with van der Waals surface area (Å²) < 4.78 is 6.80. The number of rotatable bonds is 5. The van der Waals surface area contributed by atoms with Crippen molar-refractivity contribution < 1.29 is 14.5 Å². The number of phenolic OH excluding ortho intramolecular Hbond substituents is 1. The van der Waals surface area contributed by atoms with E-state index < -0.39 is 6.17 Å². The van der Waals surface area contributed by atoms with Gasteiger partial charge in [-0.15, -0.1) is 6.58 Å². The minimum atomic E-state index is -0.466. The van der Waals surface area contributed by atoms with Gasteiger partial charge in [-0.2, -0.15) is 0 Å². The van der Waals surface area contributed by atoms with E-state index in [4.69, 9.17) is 4.74 Å². The molecule has 0 unspecified atom stereocenters. The first kappa shape index (κ1) is 18.1. The van der Waals surface area contributed by atoms with E-state index in [1.54, 1.807) is 22.9 Å². The van der Waals surface area contributed by atoms with Crippen molar-refractivity contribution in [3.63, 3.8) is 0 Å². The van der Waals surface area contributed by atoms with Crippen molar-refractivity contribution in [3.8, 4) is 22.8 Å². The van der Waals surface area contributed by atoms with Crippen LogP contribution in [0, 0.1) is 0 Å². The smallest absolute Gasteiger partial charge is 0.325 e. The van der Waals surface area contributed by atoms with Crippen LogP contribution in [0.5, 0.6) is 11.5 Å². The number of H-pyrrole nitrogens is 1. The zero-order valence-electron chi connectivity index (χ0n) is 15.2. The quantitative estimate of drug-likeness (QED) is 0.350. The van der Waals surface area contributed by atoms with Crippen molar-refractivity contribution >= 4 is 17.4 Å². The molecule has 2 heterocycles. The summed E-state index contributed by atoms with van der Waals surface area (Å²) in [6.07, 6.45) is 1.29. The van der Waals surface area contributed by atoms with Crippen molar-refractivity contribution in [2.45, 2.75) is 11.3 Å². The predicted octanol–water partition coefficient (Wildman–Crippen LogP) is 2.69. The van der Waals surface area contributed by atoms with Gasteiger partial charge in [-0.3, -0.25) is 9.78 Å². The van der Waals surface area contributed by atoms with Crippen LogP contribution in [0.15, 0.2) is 65.1 Å². The molecule has 0 bridgehead atoms. The second kappa shape index (κ2) is 7.40. The number of nitrogens with one attached hydrogen (secondary N) is 2. The van der Waals surface area contributed by atoms with Crippen LogP contribution in [0.4, 0.5) is 5.69 Å². The molecule has 28 heavy (non-hydrogen) atoms. The van der Waals surface area contributed by atoms with E-state index in [1.807, 2.05) is 30.3 Å². The molecule has 0 fully saturated rings. The summed E-state index contributed by atoms with van der Waals surface area (Å²) in [5.74, 6) is 1.03. The van der Waals surface area contributed by atoms with Crippen molar-refractivity contribution in [1.29, 1.82) is 0 Å². The molecule has 0 aliphatic carbocycles. The van der Waals surface area contributed by atoms with Gasteiger partial charge < -0.3 is 15.2 Å². The number of phenols is 1. The van der Waals surface area contributed by atoms with E-state index >= 15 is 0 Å². The van der Waals surface area contributed by atoms with Crippen molar-refractivity contribution in [2.24, 2.45) is 0 Å². The van der Waals surface area contributed by atoms with Crippen LogP contribution in [0.1, 0.15) is 11.7 Å². The van der Waals surface area contributed by atoms with Crippen LogP contribution < -0.4 is 20.3 Å². The minimum Gasteiger partial charge on any atom is -0.504 e. The lowest BCUT2D eigenvalue weighted by molar-refractivity contribution is -0.759. The first-order chi connectivity index (χ1) is 13.6. The van der Waals surface area contributed by atoms with E-state index in [-0.39, 0.29) is 11.3 Å². The zero-order chi connectivity index (χ0) is 19.7. The SMILES string of the molecule is C=CCSc1n[n+]2c(c(=O)[nH]1)-c1ccccc1N[C@H]2c1ccc(OC)c(O)c1. The predicted molar refractivity (Wildman–Crippen MR) is 108 cm³/mol. The summed E-state index contributed by atoms with van der Waals surface area (Å²) in [5.41, 5.74) is 2.57. The van der Waals surface area contributed by atoms with Crippen LogP contribution in [-0.4, -0.2) is 28.1 Å². The average molecular weight is 395 g/mol. The summed E-state index contributed by atoms with van der Waals surface area (Å²) in [6.45, 7) is 3.70. The molecule has 1 atom stereocenters. The zero-order valence-corrected chi connectivity index (χ0v) is 16.0. The normalized spacial score (nSPS) is 14.5. The second-order valence-corrected chi connectivity index (χ2v) is 7.18. The largest absolute Gasteiger partial charge is 0.504 e. The molecule has 1 aliphatic heterocycles. The van der Waals surface area contributed by atoms with Gasteiger partial charge in [-0.25, -0.2) is 0 Å². The fourth-order valence-corrected chi connectivity index (χ4v) is 3.78. The molecule has 8 heteroatoms. The number of hydrogen-bond donors (Lipinski definition) is 3. The molecule has 0 spiro atoms. The highest BCUT2D eigenvalue weighted by Gasteiger charge is 2.37. The van der Waals surface area contributed by atoms with Gasteiger partial charge in [0.05, 0.1) is 18.4 Å². The Labute approximate surface area is 165 Å². The number of benzene rings is 2. The van der Waals surface area contributed by atoms with Gasteiger partial charge in [-0.1, -0.05) is 30.0 Å². The molecule has 142 valence electrons. The van der Waals surface area contributed by atoms with Gasteiger partial charge >= 0.3 is 11.3 Å². The number of para-hydroxylation sites is 1. The summed E-state index contributed by atoms with van der Waals surface area (Å²) in [7, 11) is 1.50. The van der Waals surface area contributed by atoms with Crippen LogP contribution >= 0.6 is 11.8 Å². The molecule has 3 N–H and O–H groups in total. The molecule has 4 rings (SSSR count). The fourth-order valence-electron chi connectivity index (χ4n) is 3.19. The van der Waals surface area contributed by atoms with Crippen LogP contribution in [0.2, 0.25) is 0 Å². The van der Waals surface area contributed by atoms with Crippen LogP contribution in [0.3, 0.4) is 0 Å². The molecule has 1 aromatic heterocycles. The van der Waals surface area contributed by atoms with Gasteiger partial charge in [0.15, 0.2) is 11.5 Å². The minimum absolute atomic E-state index is 0.0221. The third-order valence-electron chi connectivity index (χ3n) is 4.44. The summed E-state index contributed by atoms with van der Waals surface area (Å²) in [6, 6.07) is 12.7. The Hall–Kier alpha value is -3.26. The van der Waals surface area contributed by atoms with Gasteiger partial charge in [0.25, 0.3) is 6.17 Å². The lowest BCUT2D eigenvalue weighted by atomic mass is 10.0. The average Bonchev–Trinajstić information content (AvgIpc) is 2.71. The maximum Gasteiger partial charge on any atom is 0.325 e. The Balaban J connectivity index is 1.91. The number of aromatic nitrogens is 3. The van der Waals surface area contributed by atoms with Crippen molar-refractivity contribution in [3.05, 3.63) is 71.0 Å². The number of nitrogens with zero attached hydrogens (tertiary/aromatic N) is 2. The van der Waals surface area contributed by atoms with E-state index in [1.165, 1.54) is 18.9 Å². The molecule has 3 aromatic rings. The number of fused-ring (bicyclic) bond motifs is 3. The Morgan fingerprint density at radius 3 is 2.93 bits per heavy atom. The van der Waals surface area contributed by atoms with Crippen molar-refractivity contribution in [1.82, 2.24) is 10.1 Å². The Morgan fingerprint density at radius 1 is 1.36 bits per heavy atom. The van der Waals surface area contributed by atoms with Crippen LogP contribution in [0.25, 0.3) is 11.3 Å². The van der Waals surface area contributed by atoms with Gasteiger partial charge in [-0.05, 0) is 35.0 Å². The monoisotopic (exact) mass is 395 g/mol. The van der Waals surface area contributed by atoms with E-state index in [0.29, 0.717) is 22.4 Å². The molecule has 0 radical (unpaired) electrons. The molecular formula is C20H19N4O3S+. The Morgan fingerprint density at radius 2 is 2.18 bits per heavy atom. The van der Waals surface area contributed by atoms with E-state index in [9.17, 15) is 9.90 Å².